The molecule has 1 aliphatic heterocycles. The highest BCUT2D eigenvalue weighted by Crippen LogP contribution is 2.24. The van der Waals surface area contributed by atoms with Crippen LogP contribution < -0.4 is 5.56 Å². The standard InChI is InChI=1S/C17H22N4O2/c22-17-4-7-18-12-21(17)10-13-5-8-20(9-6-13)11-16-19-14-2-1-3-15(14)23-16/h4,7,12-13H,1-3,5-6,8-11H2. The number of hydrogen-bond acceptors (Lipinski definition) is 5. The first-order chi connectivity index (χ1) is 11.3. The molecule has 122 valence electrons. The smallest absolute Gasteiger partial charge is 0.253 e. The van der Waals surface area contributed by atoms with Crippen molar-refractivity contribution < 1.29 is 4.42 Å². The molecule has 0 saturated carbocycles. The number of rotatable bonds is 4. The summed E-state index contributed by atoms with van der Waals surface area (Å²) in [5.74, 6) is 2.52. The Morgan fingerprint density at radius 3 is 2.91 bits per heavy atom. The van der Waals surface area contributed by atoms with Gasteiger partial charge in [0.15, 0.2) is 0 Å². The average molecular weight is 314 g/mol. The van der Waals surface area contributed by atoms with Crippen LogP contribution in [0.2, 0.25) is 0 Å². The van der Waals surface area contributed by atoms with Gasteiger partial charge in [-0.15, -0.1) is 0 Å². The lowest BCUT2D eigenvalue weighted by atomic mass is 9.97. The van der Waals surface area contributed by atoms with Gasteiger partial charge < -0.3 is 4.42 Å². The van der Waals surface area contributed by atoms with E-state index in [2.05, 4.69) is 14.9 Å². The van der Waals surface area contributed by atoms with Crippen LogP contribution in [-0.4, -0.2) is 32.5 Å². The number of fused-ring (bicyclic) bond motifs is 1. The minimum absolute atomic E-state index is 0.0386. The Morgan fingerprint density at radius 2 is 2.13 bits per heavy atom. The highest BCUT2D eigenvalue weighted by Gasteiger charge is 2.23. The quantitative estimate of drug-likeness (QED) is 0.858. The second-order valence-electron chi connectivity index (χ2n) is 6.62. The van der Waals surface area contributed by atoms with Gasteiger partial charge in [-0.25, -0.2) is 9.97 Å². The van der Waals surface area contributed by atoms with E-state index < -0.39 is 0 Å². The Labute approximate surface area is 135 Å². The molecule has 23 heavy (non-hydrogen) atoms. The highest BCUT2D eigenvalue weighted by molar-refractivity contribution is 5.15. The van der Waals surface area contributed by atoms with E-state index in [-0.39, 0.29) is 5.56 Å². The third-order valence-corrected chi connectivity index (χ3v) is 4.95. The van der Waals surface area contributed by atoms with Gasteiger partial charge in [0.25, 0.3) is 5.56 Å². The Bertz CT molecular complexity index is 707. The first-order valence-corrected chi connectivity index (χ1v) is 8.48. The predicted molar refractivity (Wildman–Crippen MR) is 85.0 cm³/mol. The molecule has 2 aliphatic rings. The van der Waals surface area contributed by atoms with Crippen LogP contribution in [0, 0.1) is 5.92 Å². The Balaban J connectivity index is 1.30. The molecule has 0 unspecified atom stereocenters. The van der Waals surface area contributed by atoms with E-state index in [0.717, 1.165) is 63.5 Å². The summed E-state index contributed by atoms with van der Waals surface area (Å²) in [5, 5.41) is 0. The number of piperidine rings is 1. The lowest BCUT2D eigenvalue weighted by Gasteiger charge is -2.31. The highest BCUT2D eigenvalue weighted by atomic mass is 16.4. The number of nitrogens with zero attached hydrogens (tertiary/aromatic N) is 4. The van der Waals surface area contributed by atoms with E-state index in [1.807, 2.05) is 0 Å². The molecule has 1 fully saturated rings. The maximum atomic E-state index is 11.8. The fourth-order valence-electron chi connectivity index (χ4n) is 3.62. The van der Waals surface area contributed by atoms with Gasteiger partial charge >= 0.3 is 0 Å². The lowest BCUT2D eigenvalue weighted by Crippen LogP contribution is -2.36. The molecule has 6 heteroatoms. The minimum atomic E-state index is 0.0386. The molecule has 1 aliphatic carbocycles. The van der Waals surface area contributed by atoms with Crippen LogP contribution in [0.3, 0.4) is 0 Å². The number of aryl methyl sites for hydroxylation is 2. The van der Waals surface area contributed by atoms with E-state index >= 15 is 0 Å². The van der Waals surface area contributed by atoms with E-state index in [1.54, 1.807) is 17.1 Å². The van der Waals surface area contributed by atoms with Crippen molar-refractivity contribution in [2.75, 3.05) is 13.1 Å². The summed E-state index contributed by atoms with van der Waals surface area (Å²) < 4.78 is 7.58. The molecule has 0 radical (unpaired) electrons. The van der Waals surface area contributed by atoms with Crippen molar-refractivity contribution in [3.8, 4) is 0 Å². The van der Waals surface area contributed by atoms with Crippen molar-refractivity contribution in [3.05, 3.63) is 46.3 Å². The Kier molecular flexibility index (Phi) is 3.99. The molecule has 0 amide bonds. The van der Waals surface area contributed by atoms with Gasteiger partial charge in [0.2, 0.25) is 5.89 Å². The summed E-state index contributed by atoms with van der Waals surface area (Å²) >= 11 is 0. The molecule has 2 aromatic rings. The van der Waals surface area contributed by atoms with E-state index in [4.69, 9.17) is 4.42 Å². The Morgan fingerprint density at radius 1 is 1.26 bits per heavy atom. The second-order valence-corrected chi connectivity index (χ2v) is 6.62. The number of hydrogen-bond donors (Lipinski definition) is 0. The van der Waals surface area contributed by atoms with Crippen molar-refractivity contribution >= 4 is 0 Å². The lowest BCUT2D eigenvalue weighted by molar-refractivity contribution is 0.153. The van der Waals surface area contributed by atoms with Gasteiger partial charge in [-0.05, 0) is 44.7 Å². The van der Waals surface area contributed by atoms with Crippen LogP contribution in [0.5, 0.6) is 0 Å². The average Bonchev–Trinajstić information content (AvgIpc) is 3.13. The molecule has 0 atom stereocenters. The van der Waals surface area contributed by atoms with E-state index in [1.165, 1.54) is 18.2 Å². The third-order valence-electron chi connectivity index (χ3n) is 4.95. The van der Waals surface area contributed by atoms with Gasteiger partial charge in [0.1, 0.15) is 5.76 Å². The van der Waals surface area contributed by atoms with Gasteiger partial charge in [-0.1, -0.05) is 0 Å². The minimum Gasteiger partial charge on any atom is -0.444 e. The second kappa shape index (κ2) is 6.28. The molecule has 1 saturated heterocycles. The fraction of sp³-hybridized carbons (Fsp3) is 0.588. The number of likely N-dealkylation sites (tertiary alicyclic amines) is 1. The predicted octanol–water partition coefficient (Wildman–Crippen LogP) is 1.63. The fourth-order valence-corrected chi connectivity index (χ4v) is 3.62. The molecule has 6 nitrogen and oxygen atoms in total. The summed E-state index contributed by atoms with van der Waals surface area (Å²) in [7, 11) is 0. The van der Waals surface area contributed by atoms with Crippen LogP contribution in [-0.2, 0) is 25.9 Å². The summed E-state index contributed by atoms with van der Waals surface area (Å²) in [5.41, 5.74) is 1.21. The van der Waals surface area contributed by atoms with Gasteiger partial charge in [0.05, 0.1) is 18.6 Å². The van der Waals surface area contributed by atoms with Crippen LogP contribution >= 0.6 is 0 Å². The number of oxazole rings is 1. The molecule has 3 heterocycles. The topological polar surface area (TPSA) is 64.2 Å². The molecule has 0 spiro atoms. The molecule has 0 bridgehead atoms. The van der Waals surface area contributed by atoms with E-state index in [0.29, 0.717) is 5.92 Å². The maximum absolute atomic E-state index is 11.8. The van der Waals surface area contributed by atoms with Crippen molar-refractivity contribution in [2.24, 2.45) is 5.92 Å². The largest absolute Gasteiger partial charge is 0.444 e. The van der Waals surface area contributed by atoms with Gasteiger partial charge in [0, 0.05) is 25.2 Å². The molecular formula is C17H22N4O2. The first kappa shape index (κ1) is 14.6. The monoisotopic (exact) mass is 314 g/mol. The summed E-state index contributed by atoms with van der Waals surface area (Å²) in [4.78, 5) is 22.8. The van der Waals surface area contributed by atoms with Crippen molar-refractivity contribution in [1.29, 1.82) is 0 Å². The van der Waals surface area contributed by atoms with Crippen molar-refractivity contribution in [3.63, 3.8) is 0 Å². The van der Waals surface area contributed by atoms with Gasteiger partial charge in [-0.2, -0.15) is 0 Å². The van der Waals surface area contributed by atoms with Crippen LogP contribution in [0.1, 0.15) is 36.6 Å². The summed E-state index contributed by atoms with van der Waals surface area (Å²) in [6, 6.07) is 1.52. The molecular weight excluding hydrogens is 292 g/mol. The summed E-state index contributed by atoms with van der Waals surface area (Å²) in [6.07, 6.45) is 8.69. The zero-order valence-corrected chi connectivity index (χ0v) is 13.3. The molecule has 0 N–H and O–H groups in total. The van der Waals surface area contributed by atoms with E-state index in [9.17, 15) is 4.79 Å². The zero-order chi connectivity index (χ0) is 15.6. The van der Waals surface area contributed by atoms with Crippen LogP contribution in [0.15, 0.2) is 27.8 Å². The SMILES string of the molecule is O=c1ccncn1CC1CCN(Cc2nc3c(o2)CCC3)CC1. The maximum Gasteiger partial charge on any atom is 0.253 e. The first-order valence-electron chi connectivity index (χ1n) is 8.48. The Hall–Kier alpha value is -1.95. The van der Waals surface area contributed by atoms with Crippen molar-refractivity contribution in [2.45, 2.75) is 45.2 Å². The zero-order valence-electron chi connectivity index (χ0n) is 13.3. The van der Waals surface area contributed by atoms with Crippen molar-refractivity contribution in [1.82, 2.24) is 19.4 Å². The van der Waals surface area contributed by atoms with Crippen LogP contribution in [0.4, 0.5) is 0 Å². The third kappa shape index (κ3) is 3.22. The summed E-state index contributed by atoms with van der Waals surface area (Å²) in [6.45, 7) is 3.65. The normalized spacial score (nSPS) is 19.1. The van der Waals surface area contributed by atoms with Gasteiger partial charge in [-0.3, -0.25) is 14.3 Å². The molecule has 4 rings (SSSR count). The number of aromatic nitrogens is 3. The van der Waals surface area contributed by atoms with Crippen LogP contribution in [0.25, 0.3) is 0 Å². The molecule has 0 aromatic carbocycles. The molecule has 2 aromatic heterocycles.